The molecule has 0 radical (unpaired) electrons. The molecular formula is C39H47F3N8O5S. The van der Waals surface area contributed by atoms with Crippen molar-refractivity contribution in [3.8, 4) is 6.07 Å². The average molecular weight is 797 g/mol. The predicted molar refractivity (Wildman–Crippen MR) is 207 cm³/mol. The summed E-state index contributed by atoms with van der Waals surface area (Å²) in [6.45, 7) is 11.0. The summed E-state index contributed by atoms with van der Waals surface area (Å²) in [6, 6.07) is 11.5. The van der Waals surface area contributed by atoms with Crippen LogP contribution in [0, 0.1) is 11.3 Å². The third-order valence-electron chi connectivity index (χ3n) is 11.2. The number of piperazine rings is 1. The molecule has 13 nitrogen and oxygen atoms in total. The maximum atomic E-state index is 13.7. The first-order valence-corrected chi connectivity index (χ1v) is 19.3. The first kappa shape index (κ1) is 41.0. The van der Waals surface area contributed by atoms with Crippen molar-refractivity contribution >= 4 is 58.1 Å². The summed E-state index contributed by atoms with van der Waals surface area (Å²) in [5.41, 5.74) is -1.45. The number of nitriles is 1. The molecule has 2 atom stereocenters. The lowest BCUT2D eigenvalue weighted by molar-refractivity contribution is -0.137. The van der Waals surface area contributed by atoms with Crippen LogP contribution in [0.25, 0.3) is 0 Å². The second kappa shape index (κ2) is 16.5. The quantitative estimate of drug-likeness (QED) is 0.313. The third-order valence-corrected chi connectivity index (χ3v) is 11.6. The van der Waals surface area contributed by atoms with Crippen LogP contribution >= 0.6 is 12.2 Å². The number of anilines is 3. The molecule has 1 aliphatic carbocycles. The molecular weight excluding hydrogens is 750 g/mol. The number of alkyl halides is 3. The van der Waals surface area contributed by atoms with Crippen LogP contribution in [-0.4, -0.2) is 113 Å². The van der Waals surface area contributed by atoms with E-state index in [1.54, 1.807) is 44.2 Å². The number of rotatable bonds is 10. The Hall–Kier alpha value is -4.63. The van der Waals surface area contributed by atoms with Gasteiger partial charge in [-0.1, -0.05) is 0 Å². The van der Waals surface area contributed by atoms with Gasteiger partial charge in [-0.25, -0.2) is 4.79 Å². The minimum absolute atomic E-state index is 0.0130. The van der Waals surface area contributed by atoms with E-state index in [0.717, 1.165) is 49.5 Å². The molecule has 3 saturated heterocycles. The largest absolute Gasteiger partial charge is 0.417 e. The van der Waals surface area contributed by atoms with Crippen LogP contribution in [-0.2, 0) is 25.3 Å². The Labute approximate surface area is 329 Å². The number of hydrogen-bond acceptors (Lipinski definition) is 9. The maximum Gasteiger partial charge on any atom is 0.417 e. The molecule has 56 heavy (non-hydrogen) atoms. The molecule has 300 valence electrons. The Kier molecular flexibility index (Phi) is 12.1. The highest BCUT2D eigenvalue weighted by Crippen LogP contribution is 2.40. The average Bonchev–Trinajstić information content (AvgIpc) is 3.32. The zero-order valence-electron chi connectivity index (χ0n) is 31.9. The predicted octanol–water partition coefficient (Wildman–Crippen LogP) is 5.10. The van der Waals surface area contributed by atoms with Crippen molar-refractivity contribution in [2.24, 2.45) is 0 Å². The van der Waals surface area contributed by atoms with Gasteiger partial charge < -0.3 is 15.0 Å². The van der Waals surface area contributed by atoms with Gasteiger partial charge in [-0.05, 0) is 108 Å². The molecule has 5 amide bonds. The first-order valence-electron chi connectivity index (χ1n) is 18.9. The number of thiocarbonyl (C=S) groups is 1. The van der Waals surface area contributed by atoms with E-state index >= 15 is 0 Å². The Morgan fingerprint density at radius 1 is 1.02 bits per heavy atom. The molecule has 0 unspecified atom stereocenters. The van der Waals surface area contributed by atoms with E-state index in [0.29, 0.717) is 37.4 Å². The summed E-state index contributed by atoms with van der Waals surface area (Å²) in [5, 5.41) is 14.6. The molecule has 1 saturated carbocycles. The number of nitrogens with zero attached hydrogens (tertiary/aromatic N) is 6. The molecule has 17 heteroatoms. The van der Waals surface area contributed by atoms with Crippen LogP contribution in [0.2, 0.25) is 0 Å². The normalized spacial score (nSPS) is 25.0. The van der Waals surface area contributed by atoms with Gasteiger partial charge in [0.2, 0.25) is 11.8 Å². The first-order chi connectivity index (χ1) is 26.5. The highest BCUT2D eigenvalue weighted by molar-refractivity contribution is 7.80. The molecule has 2 aromatic carbocycles. The van der Waals surface area contributed by atoms with E-state index < -0.39 is 34.8 Å². The van der Waals surface area contributed by atoms with Crippen molar-refractivity contribution in [3.05, 3.63) is 53.6 Å². The van der Waals surface area contributed by atoms with Gasteiger partial charge in [-0.3, -0.25) is 39.3 Å². The fourth-order valence-corrected chi connectivity index (χ4v) is 8.90. The van der Waals surface area contributed by atoms with Crippen molar-refractivity contribution in [3.63, 3.8) is 0 Å². The van der Waals surface area contributed by atoms with Crippen molar-refractivity contribution in [1.82, 2.24) is 20.0 Å². The molecule has 3 heterocycles. The zero-order valence-corrected chi connectivity index (χ0v) is 32.7. The summed E-state index contributed by atoms with van der Waals surface area (Å²) >= 11 is 5.73. The van der Waals surface area contributed by atoms with Gasteiger partial charge >= 0.3 is 12.2 Å². The van der Waals surface area contributed by atoms with Crippen LogP contribution in [0.1, 0.15) is 70.9 Å². The number of carbonyl (C=O) groups is 4. The molecule has 0 bridgehead atoms. The number of nitrogens with one attached hydrogen (secondary N) is 2. The summed E-state index contributed by atoms with van der Waals surface area (Å²) in [4.78, 5) is 59.3. The number of benzene rings is 2. The van der Waals surface area contributed by atoms with Gasteiger partial charge in [0.25, 0.3) is 5.91 Å². The van der Waals surface area contributed by atoms with Gasteiger partial charge in [0.05, 0.1) is 42.1 Å². The van der Waals surface area contributed by atoms with Gasteiger partial charge in [0, 0.05) is 62.1 Å². The summed E-state index contributed by atoms with van der Waals surface area (Å²) in [6.07, 6.45) is -1.61. The standard InChI is InChI=1S/C39H47F3N8O5S/c1-24-21-46(22-25(2)48(24)23-34(52)44-27-6-9-28(10-7-27)47-16-15-33(51)45-36(47)54)17-18-55-31-13-11-29(12-14-31)50-37(56)49(35(53)38(50,3)4)30-8-5-26(20-43)32(19-30)39(40,41)42/h5-10,19,24-25,29,31H,11-18,21-23H2,1-4H3,(H,44,52)(H,45,51,54)/t24-,25+,29?,31?. The van der Waals surface area contributed by atoms with Crippen molar-refractivity contribution in [2.45, 2.75) is 95.7 Å². The Morgan fingerprint density at radius 2 is 1.66 bits per heavy atom. The van der Waals surface area contributed by atoms with E-state index in [1.165, 1.54) is 11.0 Å². The number of hydrogen-bond donors (Lipinski definition) is 2. The van der Waals surface area contributed by atoms with Gasteiger partial charge in [-0.15, -0.1) is 0 Å². The van der Waals surface area contributed by atoms with Crippen LogP contribution in [0.3, 0.4) is 0 Å². The SMILES string of the molecule is C[C@@H]1CN(CCOC2CCC(N3C(=S)N(c4ccc(C#N)c(C(F)(F)F)c4)C(=O)C3(C)C)CC2)C[C@H](C)N1CC(=O)Nc1ccc(N2CCC(=O)NC2=O)cc1. The van der Waals surface area contributed by atoms with Crippen LogP contribution in [0.15, 0.2) is 42.5 Å². The Balaban J connectivity index is 0.942. The molecule has 6 rings (SSSR count). The van der Waals surface area contributed by atoms with Crippen LogP contribution in [0.5, 0.6) is 0 Å². The summed E-state index contributed by atoms with van der Waals surface area (Å²) in [5.74, 6) is -0.848. The molecule has 2 N–H and O–H groups in total. The van der Waals surface area contributed by atoms with Gasteiger partial charge in [0.1, 0.15) is 5.54 Å². The molecule has 0 aromatic heterocycles. The Bertz CT molecular complexity index is 1880. The smallest absolute Gasteiger partial charge is 0.377 e. The zero-order chi connectivity index (χ0) is 40.5. The second-order valence-electron chi connectivity index (χ2n) is 15.5. The van der Waals surface area contributed by atoms with Crippen molar-refractivity contribution < 1.29 is 37.1 Å². The number of urea groups is 1. The highest BCUT2D eigenvalue weighted by atomic mass is 32.1. The lowest BCUT2D eigenvalue weighted by Gasteiger charge is -2.44. The molecule has 4 aliphatic rings. The lowest BCUT2D eigenvalue weighted by atomic mass is 9.89. The molecule has 2 aromatic rings. The molecule has 3 aliphatic heterocycles. The van der Waals surface area contributed by atoms with Crippen LogP contribution in [0.4, 0.5) is 35.0 Å². The van der Waals surface area contributed by atoms with E-state index in [-0.39, 0.29) is 59.8 Å². The van der Waals surface area contributed by atoms with Gasteiger partial charge in [0.15, 0.2) is 5.11 Å². The van der Waals surface area contributed by atoms with E-state index in [1.807, 2.05) is 4.90 Å². The van der Waals surface area contributed by atoms with E-state index in [4.69, 9.17) is 17.0 Å². The van der Waals surface area contributed by atoms with Crippen molar-refractivity contribution in [1.29, 1.82) is 5.26 Å². The minimum Gasteiger partial charge on any atom is -0.377 e. The second-order valence-corrected chi connectivity index (χ2v) is 15.8. The van der Waals surface area contributed by atoms with Crippen LogP contribution < -0.4 is 20.4 Å². The lowest BCUT2D eigenvalue weighted by Crippen LogP contribution is -2.58. The topological polar surface area (TPSA) is 142 Å². The van der Waals surface area contributed by atoms with E-state index in [9.17, 15) is 37.6 Å². The van der Waals surface area contributed by atoms with Crippen molar-refractivity contribution in [2.75, 3.05) is 54.4 Å². The van der Waals surface area contributed by atoms with Gasteiger partial charge in [-0.2, -0.15) is 18.4 Å². The fraction of sp³-hybridized carbons (Fsp3) is 0.538. The number of imide groups is 1. The molecule has 0 spiro atoms. The number of carbonyl (C=O) groups excluding carboxylic acids is 4. The maximum absolute atomic E-state index is 13.7. The number of ether oxygens (including phenoxy) is 1. The monoisotopic (exact) mass is 796 g/mol. The van der Waals surface area contributed by atoms with E-state index in [2.05, 4.69) is 34.3 Å². The highest BCUT2D eigenvalue weighted by Gasteiger charge is 2.52. The summed E-state index contributed by atoms with van der Waals surface area (Å²) < 4.78 is 47.5. The minimum atomic E-state index is -4.76. The Morgan fingerprint density at radius 3 is 2.27 bits per heavy atom. The fourth-order valence-electron chi connectivity index (χ4n) is 8.33. The third kappa shape index (κ3) is 8.68. The molecule has 4 fully saturated rings. The number of amides is 5. The number of halogens is 3. The summed E-state index contributed by atoms with van der Waals surface area (Å²) in [7, 11) is 0.